The number of nitrogens with one attached hydrogen (secondary N) is 2. The molecule has 0 fully saturated rings. The number of rotatable bonds is 6. The van der Waals surface area contributed by atoms with Gasteiger partial charge >= 0.3 is 0 Å². The Kier molecular flexibility index (Phi) is 6.16. The fourth-order valence-corrected chi connectivity index (χ4v) is 3.29. The Morgan fingerprint density at radius 1 is 1.04 bits per heavy atom. The molecule has 1 atom stereocenters. The molecule has 0 saturated carbocycles. The predicted molar refractivity (Wildman–Crippen MR) is 111 cm³/mol. The lowest BCUT2D eigenvalue weighted by molar-refractivity contribution is -0.117. The van der Waals surface area contributed by atoms with Gasteiger partial charge in [0.1, 0.15) is 11.0 Å². The fourth-order valence-electron chi connectivity index (χ4n) is 2.54. The van der Waals surface area contributed by atoms with Crippen molar-refractivity contribution in [3.8, 4) is 10.6 Å². The highest BCUT2D eigenvalue weighted by molar-refractivity contribution is 7.18. The van der Waals surface area contributed by atoms with Crippen LogP contribution in [0.3, 0.4) is 0 Å². The van der Waals surface area contributed by atoms with Gasteiger partial charge < -0.3 is 5.32 Å². The highest BCUT2D eigenvalue weighted by Crippen LogP contribution is 2.26. The van der Waals surface area contributed by atoms with Crippen LogP contribution >= 0.6 is 11.3 Å². The number of nitrogens with zero attached hydrogens (tertiary/aromatic N) is 2. The van der Waals surface area contributed by atoms with Crippen molar-refractivity contribution in [3.05, 3.63) is 65.2 Å². The number of amides is 2. The Bertz CT molecular complexity index is 965. The van der Waals surface area contributed by atoms with E-state index in [4.69, 9.17) is 0 Å². The lowest BCUT2D eigenvalue weighted by Gasteiger charge is -2.13. The van der Waals surface area contributed by atoms with Crippen LogP contribution < -0.4 is 10.6 Å². The summed E-state index contributed by atoms with van der Waals surface area (Å²) in [6, 6.07) is 14.6. The zero-order chi connectivity index (χ0) is 20.1. The molecule has 28 heavy (non-hydrogen) atoms. The topological polar surface area (TPSA) is 84.0 Å². The van der Waals surface area contributed by atoms with E-state index in [9.17, 15) is 9.59 Å². The van der Waals surface area contributed by atoms with Crippen molar-refractivity contribution in [2.45, 2.75) is 33.2 Å². The van der Waals surface area contributed by atoms with Crippen molar-refractivity contribution >= 4 is 28.3 Å². The minimum Gasteiger partial charge on any atom is -0.341 e. The third kappa shape index (κ3) is 4.80. The van der Waals surface area contributed by atoms with E-state index in [1.165, 1.54) is 11.3 Å². The third-order valence-corrected chi connectivity index (χ3v) is 5.21. The lowest BCUT2D eigenvalue weighted by atomic mass is 10.1. The van der Waals surface area contributed by atoms with Gasteiger partial charge in [0.2, 0.25) is 11.0 Å². The number of hydrogen-bond acceptors (Lipinski definition) is 5. The van der Waals surface area contributed by atoms with E-state index in [0.717, 1.165) is 28.1 Å². The molecule has 2 aromatic carbocycles. The fraction of sp³-hybridized carbons (Fsp3) is 0.238. The molecule has 3 rings (SSSR count). The summed E-state index contributed by atoms with van der Waals surface area (Å²) < 4.78 is 0. The van der Waals surface area contributed by atoms with Crippen LogP contribution in [-0.4, -0.2) is 28.1 Å². The third-order valence-electron chi connectivity index (χ3n) is 4.32. The molecule has 144 valence electrons. The quantitative estimate of drug-likeness (QED) is 0.665. The summed E-state index contributed by atoms with van der Waals surface area (Å²) in [7, 11) is 0. The molecular formula is C21H22N4O2S. The molecule has 0 bridgehead atoms. The first-order valence-electron chi connectivity index (χ1n) is 9.07. The number of benzene rings is 2. The van der Waals surface area contributed by atoms with Crippen LogP contribution in [0.4, 0.5) is 5.13 Å². The molecule has 7 heteroatoms. The van der Waals surface area contributed by atoms with Crippen molar-refractivity contribution in [1.29, 1.82) is 0 Å². The first-order valence-corrected chi connectivity index (χ1v) is 9.89. The SMILES string of the molecule is CCc1ccc(C(=O)N[C@H](C)C(=O)Nc2nnc(-c3ccc(C)cc3)s2)cc1. The van der Waals surface area contributed by atoms with Crippen LogP contribution in [0.25, 0.3) is 10.6 Å². The zero-order valence-electron chi connectivity index (χ0n) is 16.0. The Balaban J connectivity index is 1.59. The monoisotopic (exact) mass is 394 g/mol. The first kappa shape index (κ1) is 19.7. The van der Waals surface area contributed by atoms with Crippen molar-refractivity contribution in [2.24, 2.45) is 0 Å². The van der Waals surface area contributed by atoms with E-state index >= 15 is 0 Å². The minimum atomic E-state index is -0.704. The van der Waals surface area contributed by atoms with E-state index in [1.807, 2.05) is 43.3 Å². The molecule has 0 aliphatic heterocycles. The number of carbonyl (C=O) groups is 2. The highest BCUT2D eigenvalue weighted by Gasteiger charge is 2.18. The first-order chi connectivity index (χ1) is 13.5. The summed E-state index contributed by atoms with van der Waals surface area (Å²) in [6.45, 7) is 5.71. The van der Waals surface area contributed by atoms with Crippen LogP contribution in [0.15, 0.2) is 48.5 Å². The van der Waals surface area contributed by atoms with Gasteiger partial charge in [-0.2, -0.15) is 0 Å². The maximum atomic E-state index is 12.4. The summed E-state index contributed by atoms with van der Waals surface area (Å²) in [5.41, 5.74) is 3.79. The van der Waals surface area contributed by atoms with Gasteiger partial charge in [-0.3, -0.25) is 14.9 Å². The average Bonchev–Trinajstić information content (AvgIpc) is 3.16. The Hall–Kier alpha value is -3.06. The van der Waals surface area contributed by atoms with Crippen LogP contribution in [0.1, 0.15) is 35.3 Å². The Morgan fingerprint density at radius 3 is 2.36 bits per heavy atom. The normalized spacial score (nSPS) is 11.7. The molecule has 1 aromatic heterocycles. The number of aryl methyl sites for hydroxylation is 2. The van der Waals surface area contributed by atoms with Gasteiger partial charge in [-0.05, 0) is 38.0 Å². The summed E-state index contributed by atoms with van der Waals surface area (Å²) in [5.74, 6) is -0.631. The van der Waals surface area contributed by atoms with Crippen LogP contribution in [0, 0.1) is 6.92 Å². The van der Waals surface area contributed by atoms with Crippen molar-refractivity contribution in [3.63, 3.8) is 0 Å². The number of hydrogen-bond donors (Lipinski definition) is 2. The molecule has 0 saturated heterocycles. The Morgan fingerprint density at radius 2 is 1.71 bits per heavy atom. The lowest BCUT2D eigenvalue weighted by Crippen LogP contribution is -2.41. The molecule has 0 spiro atoms. The number of anilines is 1. The van der Waals surface area contributed by atoms with Crippen LogP contribution in [0.2, 0.25) is 0 Å². The summed E-state index contributed by atoms with van der Waals surface area (Å²) in [4.78, 5) is 24.7. The average molecular weight is 395 g/mol. The molecule has 0 radical (unpaired) electrons. The van der Waals surface area contributed by atoms with Gasteiger partial charge in [0.15, 0.2) is 0 Å². The van der Waals surface area contributed by atoms with E-state index in [-0.39, 0.29) is 11.8 Å². The molecule has 2 N–H and O–H groups in total. The molecule has 0 aliphatic rings. The van der Waals surface area contributed by atoms with Gasteiger partial charge in [0, 0.05) is 11.1 Å². The smallest absolute Gasteiger partial charge is 0.251 e. The second-order valence-electron chi connectivity index (χ2n) is 6.51. The van der Waals surface area contributed by atoms with Crippen LogP contribution in [-0.2, 0) is 11.2 Å². The van der Waals surface area contributed by atoms with Gasteiger partial charge in [-0.1, -0.05) is 60.2 Å². The Labute approximate surface area is 168 Å². The maximum Gasteiger partial charge on any atom is 0.251 e. The van der Waals surface area contributed by atoms with Gasteiger partial charge in [0.25, 0.3) is 5.91 Å². The zero-order valence-corrected chi connectivity index (χ0v) is 16.8. The largest absolute Gasteiger partial charge is 0.341 e. The van der Waals surface area contributed by atoms with Gasteiger partial charge in [0.05, 0.1) is 0 Å². The number of carbonyl (C=O) groups excluding carboxylic acids is 2. The van der Waals surface area contributed by atoms with E-state index in [2.05, 4.69) is 27.8 Å². The molecule has 0 aliphatic carbocycles. The standard InChI is InChI=1S/C21H22N4O2S/c1-4-15-7-11-16(12-8-15)19(27)22-14(3)18(26)23-21-25-24-20(28-21)17-9-5-13(2)6-10-17/h5-12,14H,4H2,1-3H3,(H,22,27)(H,23,25,26)/t14-/m1/s1. The highest BCUT2D eigenvalue weighted by atomic mass is 32.1. The number of aromatic nitrogens is 2. The van der Waals surface area contributed by atoms with Crippen LogP contribution in [0.5, 0.6) is 0 Å². The molecular weight excluding hydrogens is 372 g/mol. The van der Waals surface area contributed by atoms with Crippen molar-refractivity contribution in [2.75, 3.05) is 5.32 Å². The van der Waals surface area contributed by atoms with E-state index in [1.54, 1.807) is 19.1 Å². The van der Waals surface area contributed by atoms with Crippen molar-refractivity contribution < 1.29 is 9.59 Å². The second-order valence-corrected chi connectivity index (χ2v) is 7.49. The summed E-state index contributed by atoms with van der Waals surface area (Å²) in [5, 5.41) is 14.7. The summed E-state index contributed by atoms with van der Waals surface area (Å²) in [6.07, 6.45) is 0.910. The predicted octanol–water partition coefficient (Wildman–Crippen LogP) is 3.83. The van der Waals surface area contributed by atoms with Gasteiger partial charge in [-0.15, -0.1) is 10.2 Å². The minimum absolute atomic E-state index is 0.289. The molecule has 3 aromatic rings. The molecule has 2 amide bonds. The maximum absolute atomic E-state index is 12.4. The molecule has 0 unspecified atom stereocenters. The van der Waals surface area contributed by atoms with Gasteiger partial charge in [-0.25, -0.2) is 0 Å². The molecule has 1 heterocycles. The second kappa shape index (κ2) is 8.75. The van der Waals surface area contributed by atoms with E-state index in [0.29, 0.717) is 10.7 Å². The molecule has 6 nitrogen and oxygen atoms in total. The van der Waals surface area contributed by atoms with E-state index < -0.39 is 6.04 Å². The summed E-state index contributed by atoms with van der Waals surface area (Å²) >= 11 is 1.29. The van der Waals surface area contributed by atoms with Crippen molar-refractivity contribution in [1.82, 2.24) is 15.5 Å².